The summed E-state index contributed by atoms with van der Waals surface area (Å²) in [6, 6.07) is 4.84. The molecule has 0 amide bonds. The Balaban J connectivity index is 2.46. The van der Waals surface area contributed by atoms with Crippen LogP contribution in [-0.2, 0) is 9.59 Å². The van der Waals surface area contributed by atoms with E-state index in [1.807, 2.05) is 0 Å². The number of ketones is 1. The van der Waals surface area contributed by atoms with E-state index < -0.39 is 17.7 Å². The Morgan fingerprint density at radius 2 is 1.43 bits per heavy atom. The van der Waals surface area contributed by atoms with Gasteiger partial charge in [0.15, 0.2) is 5.78 Å². The molecule has 1 aromatic rings. The smallest absolute Gasteiger partial charge is 0.303 e. The van der Waals surface area contributed by atoms with Gasteiger partial charge < -0.3 is 15.3 Å². The lowest BCUT2D eigenvalue weighted by atomic mass is 10.1. The number of Topliss-reactive ketones (excluding diaryl/α,β-unsaturated/α-hetero) is 1. The van der Waals surface area contributed by atoms with Crippen LogP contribution in [0, 0.1) is 0 Å². The van der Waals surface area contributed by atoms with Crippen molar-refractivity contribution in [3.8, 4) is 5.75 Å². The van der Waals surface area contributed by atoms with Gasteiger partial charge in [-0.2, -0.15) is 0 Å². The predicted molar refractivity (Wildman–Crippen MR) is 151 cm³/mol. The lowest BCUT2D eigenvalue weighted by Crippen LogP contribution is -2.05. The third-order valence-corrected chi connectivity index (χ3v) is 7.63. The van der Waals surface area contributed by atoms with E-state index in [1.165, 1.54) is 76.3 Å². The molecule has 1 aromatic carbocycles. The Hall–Kier alpha value is -2.28. The number of carbonyl (C=O) groups is 3. The van der Waals surface area contributed by atoms with Crippen LogP contribution in [0.25, 0.3) is 0 Å². The predicted octanol–water partition coefficient (Wildman–Crippen LogP) is 8.41. The summed E-state index contributed by atoms with van der Waals surface area (Å²) in [5.41, 5.74) is 0.129. The van der Waals surface area contributed by atoms with Crippen molar-refractivity contribution in [1.82, 2.24) is 0 Å². The molecule has 37 heavy (non-hydrogen) atoms. The molecule has 208 valence electrons. The number of carbonyl (C=O) groups excluding carboxylic acids is 1. The first-order valence-electron chi connectivity index (χ1n) is 13.9. The number of rotatable bonds is 23. The molecule has 0 fully saturated rings. The minimum Gasteiger partial charge on any atom is -0.507 e. The summed E-state index contributed by atoms with van der Waals surface area (Å²) in [5.74, 6) is -2.40. The zero-order valence-corrected chi connectivity index (χ0v) is 23.3. The van der Waals surface area contributed by atoms with Crippen molar-refractivity contribution in [2.24, 2.45) is 0 Å². The minimum absolute atomic E-state index is 0.127. The first-order chi connectivity index (χ1) is 17.8. The number of allylic oxidation sites excluding steroid dienone is 2. The lowest BCUT2D eigenvalue weighted by Gasteiger charge is -2.15. The maximum Gasteiger partial charge on any atom is 0.303 e. The van der Waals surface area contributed by atoms with Crippen LogP contribution in [0.1, 0.15) is 126 Å². The molecule has 3 N–H and O–H groups in total. The Kier molecular flexibility index (Phi) is 18.4. The van der Waals surface area contributed by atoms with Crippen LogP contribution in [0.15, 0.2) is 35.2 Å². The van der Waals surface area contributed by atoms with Crippen LogP contribution in [0.2, 0.25) is 0 Å². The topological polar surface area (TPSA) is 112 Å². The number of aliphatic carboxylic acids is 2. The van der Waals surface area contributed by atoms with E-state index in [2.05, 4.69) is 19.1 Å². The van der Waals surface area contributed by atoms with Gasteiger partial charge in [0, 0.05) is 23.0 Å². The van der Waals surface area contributed by atoms with Gasteiger partial charge in [-0.15, -0.1) is 11.8 Å². The highest BCUT2D eigenvalue weighted by atomic mass is 32.2. The minimum atomic E-state index is -1.05. The Labute approximate surface area is 226 Å². The molecule has 7 heteroatoms. The quantitative estimate of drug-likeness (QED) is 0.0559. The van der Waals surface area contributed by atoms with Crippen molar-refractivity contribution in [3.05, 3.63) is 35.9 Å². The highest BCUT2D eigenvalue weighted by molar-refractivity contribution is 8.00. The van der Waals surface area contributed by atoms with Crippen molar-refractivity contribution < 1.29 is 29.7 Å². The average molecular weight is 535 g/mol. The first-order valence-corrected chi connectivity index (χ1v) is 14.8. The van der Waals surface area contributed by atoms with Crippen molar-refractivity contribution in [1.29, 1.82) is 0 Å². The van der Waals surface area contributed by atoms with Gasteiger partial charge in [0.25, 0.3) is 0 Å². The fraction of sp³-hybridized carbons (Fsp3) is 0.633. The summed E-state index contributed by atoms with van der Waals surface area (Å²) < 4.78 is 0. The second-order valence-corrected chi connectivity index (χ2v) is 11.1. The summed E-state index contributed by atoms with van der Waals surface area (Å²) in [4.78, 5) is 34.6. The number of unbranched alkanes of at least 4 members (excludes halogenated alkanes) is 10. The van der Waals surface area contributed by atoms with E-state index in [1.54, 1.807) is 17.8 Å². The summed E-state index contributed by atoms with van der Waals surface area (Å²) in [5, 5.41) is 28.2. The lowest BCUT2D eigenvalue weighted by molar-refractivity contribution is -0.138. The summed E-state index contributed by atoms with van der Waals surface area (Å²) in [6.07, 6.45) is 20.5. The fourth-order valence-corrected chi connectivity index (χ4v) is 5.39. The number of carboxylic acid groups (broad SMARTS) is 2. The number of benzene rings is 1. The molecule has 0 aliphatic rings. The van der Waals surface area contributed by atoms with Crippen LogP contribution in [0.5, 0.6) is 5.75 Å². The molecule has 0 unspecified atom stereocenters. The van der Waals surface area contributed by atoms with Gasteiger partial charge >= 0.3 is 11.9 Å². The van der Waals surface area contributed by atoms with Crippen LogP contribution in [-0.4, -0.2) is 38.3 Å². The van der Waals surface area contributed by atoms with Crippen molar-refractivity contribution in [2.45, 2.75) is 126 Å². The molecule has 0 aliphatic heterocycles. The van der Waals surface area contributed by atoms with E-state index in [9.17, 15) is 19.5 Å². The molecule has 0 aliphatic carbocycles. The van der Waals surface area contributed by atoms with Crippen LogP contribution < -0.4 is 0 Å². The first kappa shape index (κ1) is 32.7. The number of thioether (sulfide) groups is 1. The van der Waals surface area contributed by atoms with E-state index >= 15 is 0 Å². The molecule has 0 bridgehead atoms. The number of carboxylic acids is 2. The Bertz CT molecular complexity index is 835. The van der Waals surface area contributed by atoms with Gasteiger partial charge in [-0.3, -0.25) is 14.4 Å². The van der Waals surface area contributed by atoms with Crippen molar-refractivity contribution >= 4 is 29.5 Å². The van der Waals surface area contributed by atoms with Crippen molar-refractivity contribution in [2.75, 3.05) is 0 Å². The second-order valence-electron chi connectivity index (χ2n) is 9.70. The third kappa shape index (κ3) is 17.0. The normalized spacial score (nSPS) is 12.1. The van der Waals surface area contributed by atoms with E-state index in [0.717, 1.165) is 24.2 Å². The SMILES string of the molecule is CCCCCCCCCCCCC=CC[C@H](CCCC(=O)O)Sc1ccc(C(=O)CCC(=O)O)c(O)c1. The Morgan fingerprint density at radius 1 is 0.811 bits per heavy atom. The molecule has 0 aromatic heterocycles. The molecule has 1 atom stereocenters. The monoisotopic (exact) mass is 534 g/mol. The van der Waals surface area contributed by atoms with Gasteiger partial charge in [-0.05, 0) is 50.3 Å². The molecule has 0 saturated carbocycles. The molecule has 0 saturated heterocycles. The molecule has 6 nitrogen and oxygen atoms in total. The van der Waals surface area contributed by atoms with Gasteiger partial charge in [0.05, 0.1) is 12.0 Å². The number of aromatic hydroxyl groups is 1. The van der Waals surface area contributed by atoms with Crippen LogP contribution >= 0.6 is 11.8 Å². The van der Waals surface area contributed by atoms with E-state index in [4.69, 9.17) is 10.2 Å². The number of hydrogen-bond donors (Lipinski definition) is 3. The average Bonchev–Trinajstić information content (AvgIpc) is 2.85. The van der Waals surface area contributed by atoms with Crippen molar-refractivity contribution in [3.63, 3.8) is 0 Å². The maximum atomic E-state index is 12.2. The van der Waals surface area contributed by atoms with E-state index in [-0.39, 0.29) is 35.8 Å². The number of hydrogen-bond acceptors (Lipinski definition) is 5. The molecule has 0 spiro atoms. The molecule has 1 rings (SSSR count). The van der Waals surface area contributed by atoms with Gasteiger partial charge in [-0.25, -0.2) is 0 Å². The molecule has 0 heterocycles. The van der Waals surface area contributed by atoms with Gasteiger partial charge in [0.2, 0.25) is 0 Å². The molecular weight excluding hydrogens is 488 g/mol. The highest BCUT2D eigenvalue weighted by Crippen LogP contribution is 2.33. The number of phenols is 1. The molecule has 0 radical (unpaired) electrons. The Morgan fingerprint density at radius 3 is 2.03 bits per heavy atom. The third-order valence-electron chi connectivity index (χ3n) is 6.35. The maximum absolute atomic E-state index is 12.2. The van der Waals surface area contributed by atoms with Crippen LogP contribution in [0.3, 0.4) is 0 Å². The zero-order valence-electron chi connectivity index (χ0n) is 22.5. The number of phenolic OH excluding ortho intramolecular Hbond substituents is 1. The molecular formula is C30H46O6S. The fourth-order valence-electron chi connectivity index (χ4n) is 4.19. The van der Waals surface area contributed by atoms with Gasteiger partial charge in [-0.1, -0.05) is 76.9 Å². The van der Waals surface area contributed by atoms with Crippen LogP contribution in [0.4, 0.5) is 0 Å². The summed E-state index contributed by atoms with van der Waals surface area (Å²) in [7, 11) is 0. The standard InChI is InChI=1S/C30H46O6S/c1-2-3-4-5-6-7-8-9-10-11-12-13-14-16-24(17-15-18-29(33)34)37-25-19-20-26(28(32)23-25)27(31)21-22-30(35)36/h13-14,19-20,23-24,32H,2-12,15-18,21-22H2,1H3,(H,33,34)(H,35,36)/t24-/m1/s1. The van der Waals surface area contributed by atoms with E-state index in [0.29, 0.717) is 6.42 Å². The second kappa shape index (κ2) is 20.7. The summed E-state index contributed by atoms with van der Waals surface area (Å²) in [6.45, 7) is 2.25. The highest BCUT2D eigenvalue weighted by Gasteiger charge is 2.16. The largest absolute Gasteiger partial charge is 0.507 e. The summed E-state index contributed by atoms with van der Waals surface area (Å²) >= 11 is 1.57. The zero-order chi connectivity index (χ0) is 27.3. The van der Waals surface area contributed by atoms with Gasteiger partial charge in [0.1, 0.15) is 5.75 Å².